The van der Waals surface area contributed by atoms with Gasteiger partial charge in [0, 0.05) is 6.04 Å². The monoisotopic (exact) mass is 195 g/mol. The van der Waals surface area contributed by atoms with Crippen molar-refractivity contribution < 1.29 is 14.6 Å². The van der Waals surface area contributed by atoms with Gasteiger partial charge < -0.3 is 15.6 Å². The smallest absolute Gasteiger partial charge is 0.450 e. The minimum atomic E-state index is -1.28. The lowest BCUT2D eigenvalue weighted by molar-refractivity contribution is 0.0862. The van der Waals surface area contributed by atoms with E-state index in [2.05, 4.69) is 4.74 Å². The van der Waals surface area contributed by atoms with Gasteiger partial charge in [-0.3, -0.25) is 0 Å². The lowest BCUT2D eigenvalue weighted by Gasteiger charge is -2.10. The number of benzene rings is 1. The first-order valence-corrected chi connectivity index (χ1v) is 4.33. The maximum atomic E-state index is 10.1. The van der Waals surface area contributed by atoms with Crippen LogP contribution in [0.2, 0.25) is 0 Å². The third-order valence-electron chi connectivity index (χ3n) is 1.76. The van der Waals surface area contributed by atoms with Crippen LogP contribution in [-0.4, -0.2) is 23.9 Å². The van der Waals surface area contributed by atoms with Crippen molar-refractivity contribution in [3.63, 3.8) is 0 Å². The van der Waals surface area contributed by atoms with E-state index in [9.17, 15) is 4.79 Å². The molecule has 0 amide bonds. The van der Waals surface area contributed by atoms with Crippen molar-refractivity contribution in [2.75, 3.05) is 6.61 Å². The molecule has 0 saturated carbocycles. The van der Waals surface area contributed by atoms with Gasteiger partial charge in [-0.05, 0) is 12.0 Å². The molecular formula is C10H13NO3. The van der Waals surface area contributed by atoms with Crippen molar-refractivity contribution in [2.45, 2.75) is 12.5 Å². The molecule has 14 heavy (non-hydrogen) atoms. The average molecular weight is 195 g/mol. The lowest BCUT2D eigenvalue weighted by atomic mass is 10.1. The second-order valence-electron chi connectivity index (χ2n) is 3.03. The van der Waals surface area contributed by atoms with Gasteiger partial charge >= 0.3 is 6.16 Å². The summed E-state index contributed by atoms with van der Waals surface area (Å²) < 4.78 is 4.37. The first kappa shape index (κ1) is 10.5. The summed E-state index contributed by atoms with van der Waals surface area (Å²) in [5.41, 5.74) is 6.74. The molecule has 0 aliphatic rings. The molecule has 3 N–H and O–H groups in total. The van der Waals surface area contributed by atoms with Gasteiger partial charge in [-0.1, -0.05) is 30.3 Å². The van der Waals surface area contributed by atoms with E-state index in [0.717, 1.165) is 5.56 Å². The van der Waals surface area contributed by atoms with E-state index >= 15 is 0 Å². The Morgan fingerprint density at radius 1 is 1.43 bits per heavy atom. The highest BCUT2D eigenvalue weighted by Gasteiger charge is 2.06. The number of ether oxygens (including phenoxy) is 1. The largest absolute Gasteiger partial charge is 0.505 e. The Kier molecular flexibility index (Phi) is 3.94. The number of hydrogen-bond donors (Lipinski definition) is 2. The minimum absolute atomic E-state index is 0.0320. The molecule has 76 valence electrons. The third-order valence-corrected chi connectivity index (χ3v) is 1.76. The van der Waals surface area contributed by atoms with Crippen LogP contribution in [0, 0.1) is 0 Å². The van der Waals surface area contributed by atoms with Gasteiger partial charge in [0.1, 0.15) is 6.61 Å². The van der Waals surface area contributed by atoms with Crippen molar-refractivity contribution in [3.8, 4) is 0 Å². The molecule has 0 radical (unpaired) electrons. The fourth-order valence-corrected chi connectivity index (χ4v) is 1.15. The van der Waals surface area contributed by atoms with E-state index in [1.807, 2.05) is 30.3 Å². The summed E-state index contributed by atoms with van der Waals surface area (Å²) in [5, 5.41) is 8.25. The Morgan fingerprint density at radius 3 is 2.64 bits per heavy atom. The summed E-state index contributed by atoms with van der Waals surface area (Å²) in [6.45, 7) is 0.0320. The van der Waals surface area contributed by atoms with Crippen molar-refractivity contribution in [1.29, 1.82) is 0 Å². The number of hydrogen-bond acceptors (Lipinski definition) is 3. The number of rotatable bonds is 4. The molecule has 1 rings (SSSR count). The van der Waals surface area contributed by atoms with Crippen LogP contribution in [0.5, 0.6) is 0 Å². The second kappa shape index (κ2) is 5.24. The first-order chi connectivity index (χ1) is 6.68. The van der Waals surface area contributed by atoms with Gasteiger partial charge in [0.05, 0.1) is 0 Å². The highest BCUT2D eigenvalue weighted by Crippen LogP contribution is 2.01. The van der Waals surface area contributed by atoms with E-state index in [0.29, 0.717) is 6.42 Å². The maximum Gasteiger partial charge on any atom is 0.505 e. The van der Waals surface area contributed by atoms with Crippen LogP contribution in [0.15, 0.2) is 30.3 Å². The zero-order chi connectivity index (χ0) is 10.4. The Hall–Kier alpha value is -1.55. The third kappa shape index (κ3) is 3.91. The van der Waals surface area contributed by atoms with Gasteiger partial charge in [0.25, 0.3) is 0 Å². The van der Waals surface area contributed by atoms with Crippen LogP contribution in [0.1, 0.15) is 5.56 Å². The first-order valence-electron chi connectivity index (χ1n) is 4.33. The Balaban J connectivity index is 2.34. The predicted octanol–water partition coefficient (Wildman–Crippen LogP) is 1.25. The lowest BCUT2D eigenvalue weighted by Crippen LogP contribution is -2.29. The normalized spacial score (nSPS) is 12.1. The minimum Gasteiger partial charge on any atom is -0.450 e. The quantitative estimate of drug-likeness (QED) is 0.709. The van der Waals surface area contributed by atoms with Crippen LogP contribution in [0.25, 0.3) is 0 Å². The molecule has 4 heteroatoms. The van der Waals surface area contributed by atoms with E-state index in [-0.39, 0.29) is 12.6 Å². The summed E-state index contributed by atoms with van der Waals surface area (Å²) in [5.74, 6) is 0. The van der Waals surface area contributed by atoms with Gasteiger partial charge in [-0.15, -0.1) is 0 Å². The highest BCUT2D eigenvalue weighted by atomic mass is 16.7. The Morgan fingerprint density at radius 2 is 2.07 bits per heavy atom. The summed E-state index contributed by atoms with van der Waals surface area (Å²) >= 11 is 0. The number of carbonyl (C=O) groups is 1. The van der Waals surface area contributed by atoms with Crippen LogP contribution >= 0.6 is 0 Å². The molecule has 0 saturated heterocycles. The zero-order valence-corrected chi connectivity index (χ0v) is 7.72. The molecule has 0 spiro atoms. The Bertz CT molecular complexity index is 287. The molecule has 1 aromatic rings. The SMILES string of the molecule is NC(COC(=O)O)Cc1ccccc1. The standard InChI is InChI=1S/C10H13NO3/c11-9(7-14-10(12)13)6-8-4-2-1-3-5-8/h1-5,9H,6-7,11H2,(H,12,13). The van der Waals surface area contributed by atoms with Crippen LogP contribution in [0.3, 0.4) is 0 Å². The highest BCUT2D eigenvalue weighted by molar-refractivity contribution is 5.56. The molecule has 0 aliphatic carbocycles. The van der Waals surface area contributed by atoms with E-state index in [1.54, 1.807) is 0 Å². The maximum absolute atomic E-state index is 10.1. The molecule has 1 atom stereocenters. The molecule has 4 nitrogen and oxygen atoms in total. The zero-order valence-electron chi connectivity index (χ0n) is 7.72. The molecule has 1 unspecified atom stereocenters. The molecule has 0 bridgehead atoms. The van der Waals surface area contributed by atoms with Crippen LogP contribution in [0.4, 0.5) is 4.79 Å². The second-order valence-corrected chi connectivity index (χ2v) is 3.03. The van der Waals surface area contributed by atoms with Gasteiger partial charge in [0.15, 0.2) is 0 Å². The topological polar surface area (TPSA) is 72.5 Å². The average Bonchev–Trinajstić information content (AvgIpc) is 2.16. The van der Waals surface area contributed by atoms with Gasteiger partial charge in [-0.25, -0.2) is 4.79 Å². The van der Waals surface area contributed by atoms with Crippen molar-refractivity contribution in [2.24, 2.45) is 5.73 Å². The molecule has 0 fully saturated rings. The van der Waals surface area contributed by atoms with E-state index < -0.39 is 6.16 Å². The number of carboxylic acid groups (broad SMARTS) is 1. The van der Waals surface area contributed by atoms with Crippen molar-refractivity contribution >= 4 is 6.16 Å². The summed E-state index contributed by atoms with van der Waals surface area (Å²) in [6, 6.07) is 9.36. The van der Waals surface area contributed by atoms with Crippen molar-refractivity contribution in [1.82, 2.24) is 0 Å². The predicted molar refractivity (Wildman–Crippen MR) is 52.1 cm³/mol. The summed E-state index contributed by atoms with van der Waals surface area (Å²) in [6.07, 6.45) is -0.665. The van der Waals surface area contributed by atoms with Crippen LogP contribution in [-0.2, 0) is 11.2 Å². The molecule has 0 heterocycles. The van der Waals surface area contributed by atoms with E-state index in [1.165, 1.54) is 0 Å². The fraction of sp³-hybridized carbons (Fsp3) is 0.300. The molecule has 1 aromatic carbocycles. The molecule has 0 aliphatic heterocycles. The van der Waals surface area contributed by atoms with Crippen molar-refractivity contribution in [3.05, 3.63) is 35.9 Å². The van der Waals surface area contributed by atoms with Gasteiger partial charge in [0.2, 0.25) is 0 Å². The molecule has 0 aromatic heterocycles. The molecular weight excluding hydrogens is 182 g/mol. The summed E-state index contributed by atoms with van der Waals surface area (Å²) in [4.78, 5) is 10.1. The fourth-order valence-electron chi connectivity index (χ4n) is 1.15. The summed E-state index contributed by atoms with van der Waals surface area (Å²) in [7, 11) is 0. The van der Waals surface area contributed by atoms with E-state index in [4.69, 9.17) is 10.8 Å². The van der Waals surface area contributed by atoms with Crippen LogP contribution < -0.4 is 5.73 Å². The van der Waals surface area contributed by atoms with Gasteiger partial charge in [-0.2, -0.15) is 0 Å². The Labute approximate surface area is 82.3 Å². The number of nitrogens with two attached hydrogens (primary N) is 1.